The van der Waals surface area contributed by atoms with Crippen LogP contribution in [0, 0.1) is 0 Å². The molecule has 0 bridgehead atoms. The van der Waals surface area contributed by atoms with Crippen LogP contribution in [0.4, 0.5) is 4.79 Å². The van der Waals surface area contributed by atoms with Crippen molar-refractivity contribution in [3.05, 3.63) is 0 Å². The van der Waals surface area contributed by atoms with E-state index in [1.54, 1.807) is 4.31 Å². The van der Waals surface area contributed by atoms with E-state index in [0.717, 1.165) is 37.1 Å². The highest BCUT2D eigenvalue weighted by Gasteiger charge is 2.29. The Balaban J connectivity index is 2.59. The summed E-state index contributed by atoms with van der Waals surface area (Å²) < 4.78 is 1.74. The Morgan fingerprint density at radius 3 is 2.27 bits per heavy atom. The van der Waals surface area contributed by atoms with Crippen molar-refractivity contribution < 1.29 is 4.79 Å². The summed E-state index contributed by atoms with van der Waals surface area (Å²) >= 11 is 1.05. The molecule has 1 fully saturated rings. The minimum Gasteiger partial charge on any atom is -0.324 e. The third kappa shape index (κ3) is 3.18. The molecule has 1 aliphatic rings. The Hall–Kier alpha value is -0.0900. The van der Waals surface area contributed by atoms with E-state index in [1.807, 2.05) is 18.7 Å². The van der Waals surface area contributed by atoms with E-state index in [4.69, 9.17) is 10.7 Å². The number of nitrogens with zero attached hydrogens (tertiary/aromatic N) is 2. The third-order valence-electron chi connectivity index (χ3n) is 2.95. The normalized spacial score (nSPS) is 16.7. The molecular weight excluding hydrogens is 232 g/mol. The Bertz CT molecular complexity index is 206. The lowest BCUT2D eigenvalue weighted by Crippen LogP contribution is -2.43. The van der Waals surface area contributed by atoms with Gasteiger partial charge < -0.3 is 4.90 Å². The van der Waals surface area contributed by atoms with Crippen LogP contribution in [0.5, 0.6) is 0 Å². The number of urea groups is 1. The zero-order chi connectivity index (χ0) is 11.3. The summed E-state index contributed by atoms with van der Waals surface area (Å²) in [6.07, 6.45) is 4.60. The van der Waals surface area contributed by atoms with Crippen LogP contribution in [-0.4, -0.2) is 34.4 Å². The molecule has 1 saturated carbocycles. The first-order valence-corrected chi connectivity index (χ1v) is 7.21. The van der Waals surface area contributed by atoms with Crippen molar-refractivity contribution in [3.63, 3.8) is 0 Å². The maximum absolute atomic E-state index is 12.1. The molecule has 2 amide bonds. The van der Waals surface area contributed by atoms with E-state index in [2.05, 4.69) is 0 Å². The summed E-state index contributed by atoms with van der Waals surface area (Å²) in [5, 5.41) is 0. The monoisotopic (exact) mass is 250 g/mol. The number of halogens is 1. The second-order valence-electron chi connectivity index (χ2n) is 3.79. The van der Waals surface area contributed by atoms with Gasteiger partial charge in [-0.15, -0.1) is 0 Å². The molecule has 0 unspecified atom stereocenters. The van der Waals surface area contributed by atoms with Crippen molar-refractivity contribution in [2.45, 2.75) is 45.6 Å². The van der Waals surface area contributed by atoms with E-state index in [1.165, 1.54) is 12.8 Å². The summed E-state index contributed by atoms with van der Waals surface area (Å²) in [7, 11) is 5.80. The van der Waals surface area contributed by atoms with Crippen LogP contribution < -0.4 is 0 Å². The lowest BCUT2D eigenvalue weighted by Gasteiger charge is -2.30. The Kier molecular flexibility index (Phi) is 5.61. The van der Waals surface area contributed by atoms with Crippen molar-refractivity contribution in [1.29, 1.82) is 0 Å². The van der Waals surface area contributed by atoms with Crippen molar-refractivity contribution in [2.75, 3.05) is 13.1 Å². The molecule has 1 rings (SSSR count). The van der Waals surface area contributed by atoms with Gasteiger partial charge in [0.15, 0.2) is 0 Å². The quantitative estimate of drug-likeness (QED) is 0.713. The maximum atomic E-state index is 12.1. The Morgan fingerprint density at radius 2 is 1.87 bits per heavy atom. The molecule has 5 heteroatoms. The third-order valence-corrected chi connectivity index (χ3v) is 4.00. The number of carbonyl (C=O) groups is 1. The van der Waals surface area contributed by atoms with Gasteiger partial charge in [0.2, 0.25) is 0 Å². The molecule has 0 heterocycles. The average Bonchev–Trinajstić information content (AvgIpc) is 2.74. The van der Waals surface area contributed by atoms with Crippen molar-refractivity contribution in [1.82, 2.24) is 9.21 Å². The van der Waals surface area contributed by atoms with Gasteiger partial charge >= 0.3 is 6.03 Å². The topological polar surface area (TPSA) is 23.6 Å². The van der Waals surface area contributed by atoms with Crippen LogP contribution in [0.2, 0.25) is 0 Å². The molecule has 0 N–H and O–H groups in total. The molecule has 0 aromatic rings. The highest BCUT2D eigenvalue weighted by atomic mass is 35.7. The van der Waals surface area contributed by atoms with E-state index in [9.17, 15) is 4.79 Å². The minimum absolute atomic E-state index is 0.0619. The Morgan fingerprint density at radius 1 is 1.33 bits per heavy atom. The summed E-state index contributed by atoms with van der Waals surface area (Å²) in [5.74, 6) is 0. The van der Waals surface area contributed by atoms with Crippen molar-refractivity contribution >= 4 is 27.9 Å². The summed E-state index contributed by atoms with van der Waals surface area (Å²) in [6, 6.07) is 0.396. The molecule has 0 saturated heterocycles. The van der Waals surface area contributed by atoms with Crippen molar-refractivity contribution in [3.8, 4) is 0 Å². The first kappa shape index (κ1) is 13.0. The summed E-state index contributed by atoms with van der Waals surface area (Å²) in [6.45, 7) is 5.48. The average molecular weight is 251 g/mol. The SMILES string of the molecule is CCN(CC)C(=O)N(SCl)C1CCCC1. The first-order chi connectivity index (χ1) is 7.24. The fourth-order valence-electron chi connectivity index (χ4n) is 2.01. The van der Waals surface area contributed by atoms with Gasteiger partial charge in [-0.2, -0.15) is 0 Å². The second-order valence-corrected chi connectivity index (χ2v) is 4.73. The van der Waals surface area contributed by atoms with Crippen LogP contribution in [0.15, 0.2) is 0 Å². The first-order valence-electron chi connectivity index (χ1n) is 5.61. The molecule has 0 aromatic carbocycles. The van der Waals surface area contributed by atoms with Gasteiger partial charge in [-0.1, -0.05) is 12.8 Å². The smallest absolute Gasteiger partial charge is 0.324 e. The molecule has 1 aliphatic carbocycles. The van der Waals surface area contributed by atoms with Gasteiger partial charge in [-0.3, -0.25) is 4.31 Å². The zero-order valence-corrected chi connectivity index (χ0v) is 11.0. The molecule has 3 nitrogen and oxygen atoms in total. The molecular formula is C10H19ClN2OS. The molecule has 0 spiro atoms. The predicted molar refractivity (Wildman–Crippen MR) is 65.9 cm³/mol. The fraction of sp³-hybridized carbons (Fsp3) is 0.900. The van der Waals surface area contributed by atoms with E-state index < -0.39 is 0 Å². The minimum atomic E-state index is 0.0619. The largest absolute Gasteiger partial charge is 0.331 e. The highest BCUT2D eigenvalue weighted by molar-refractivity contribution is 8.19. The maximum Gasteiger partial charge on any atom is 0.331 e. The van der Waals surface area contributed by atoms with Crippen LogP contribution in [0.25, 0.3) is 0 Å². The number of hydrogen-bond donors (Lipinski definition) is 0. The molecule has 15 heavy (non-hydrogen) atoms. The standard InChI is InChI=1S/C10H19ClN2OS/c1-3-12(4-2)10(14)13(15-11)9-7-5-6-8-9/h9H,3-8H2,1-2H3. The fourth-order valence-corrected chi connectivity index (χ4v) is 3.03. The van der Waals surface area contributed by atoms with Crippen LogP contribution >= 0.6 is 21.8 Å². The lowest BCUT2D eigenvalue weighted by molar-refractivity contribution is 0.176. The molecule has 0 radical (unpaired) electrons. The number of rotatable bonds is 4. The number of carbonyl (C=O) groups excluding carboxylic acids is 1. The van der Waals surface area contributed by atoms with E-state index in [0.29, 0.717) is 6.04 Å². The van der Waals surface area contributed by atoms with E-state index >= 15 is 0 Å². The second kappa shape index (κ2) is 6.48. The van der Waals surface area contributed by atoms with Crippen molar-refractivity contribution in [2.24, 2.45) is 0 Å². The van der Waals surface area contributed by atoms with Crippen LogP contribution in [0.1, 0.15) is 39.5 Å². The van der Waals surface area contributed by atoms with Gasteiger partial charge in [-0.05, 0) is 37.4 Å². The van der Waals surface area contributed by atoms with Gasteiger partial charge in [0.1, 0.15) is 0 Å². The number of hydrogen-bond acceptors (Lipinski definition) is 2. The van der Waals surface area contributed by atoms with Gasteiger partial charge in [-0.25, -0.2) is 4.79 Å². The molecule has 0 aliphatic heterocycles. The summed E-state index contributed by atoms with van der Waals surface area (Å²) in [5.41, 5.74) is 0. The molecule has 0 atom stereocenters. The molecule has 0 aromatic heterocycles. The Labute approximate surface area is 101 Å². The summed E-state index contributed by atoms with van der Waals surface area (Å²) in [4.78, 5) is 13.9. The predicted octanol–water partition coefficient (Wildman–Crippen LogP) is 3.49. The van der Waals surface area contributed by atoms with Gasteiger partial charge in [0.05, 0.1) is 11.2 Å². The lowest BCUT2D eigenvalue weighted by atomic mass is 10.2. The zero-order valence-electron chi connectivity index (χ0n) is 9.41. The highest BCUT2D eigenvalue weighted by Crippen LogP contribution is 2.31. The number of amides is 2. The van der Waals surface area contributed by atoms with Crippen LogP contribution in [0.3, 0.4) is 0 Å². The van der Waals surface area contributed by atoms with Crippen LogP contribution in [-0.2, 0) is 0 Å². The van der Waals surface area contributed by atoms with Gasteiger partial charge in [0.25, 0.3) is 0 Å². The van der Waals surface area contributed by atoms with E-state index in [-0.39, 0.29) is 6.03 Å². The van der Waals surface area contributed by atoms with Gasteiger partial charge in [0, 0.05) is 19.1 Å². The molecule has 88 valence electrons.